The molecule has 3 aromatic rings. The van der Waals surface area contributed by atoms with Crippen molar-refractivity contribution in [2.24, 2.45) is 0 Å². The van der Waals surface area contributed by atoms with Gasteiger partial charge in [0.2, 0.25) is 5.88 Å². The van der Waals surface area contributed by atoms with Crippen molar-refractivity contribution in [1.82, 2.24) is 9.97 Å². The number of thiazole rings is 1. The second-order valence-corrected chi connectivity index (χ2v) is 9.30. The zero-order chi connectivity index (χ0) is 18.9. The number of hydrogen-bond acceptors (Lipinski definition) is 6. The number of nitrogens with zero attached hydrogens (tertiary/aromatic N) is 2. The van der Waals surface area contributed by atoms with E-state index < -0.39 is 9.84 Å². The second kappa shape index (κ2) is 7.34. The zero-order valence-corrected chi connectivity index (χ0v) is 16.9. The Morgan fingerprint density at radius 3 is 2.62 bits per heavy atom. The number of benzene rings is 1. The molecule has 2 aromatic heterocycles. The Morgan fingerprint density at radius 2 is 2.00 bits per heavy atom. The van der Waals surface area contributed by atoms with E-state index in [9.17, 15) is 8.42 Å². The molecule has 0 aliphatic carbocycles. The van der Waals surface area contributed by atoms with Crippen LogP contribution in [0.25, 0.3) is 10.4 Å². The Morgan fingerprint density at radius 1 is 1.23 bits per heavy atom. The topological polar surface area (TPSA) is 69.2 Å². The summed E-state index contributed by atoms with van der Waals surface area (Å²) in [6.07, 6.45) is 3.56. The molecule has 26 heavy (non-hydrogen) atoms. The van der Waals surface area contributed by atoms with Gasteiger partial charge in [-0.25, -0.2) is 18.4 Å². The van der Waals surface area contributed by atoms with Gasteiger partial charge in [0.15, 0.2) is 9.84 Å². The van der Waals surface area contributed by atoms with E-state index in [1.54, 1.807) is 25.4 Å². The third-order valence-corrected chi connectivity index (χ3v) is 6.58. The minimum absolute atomic E-state index is 0.130. The van der Waals surface area contributed by atoms with E-state index in [-0.39, 0.29) is 9.92 Å². The van der Waals surface area contributed by atoms with Gasteiger partial charge in [-0.15, -0.1) is 11.3 Å². The average Bonchev–Trinajstić information content (AvgIpc) is 2.95. The first-order valence-corrected chi connectivity index (χ1v) is 10.8. The molecule has 136 valence electrons. The predicted molar refractivity (Wildman–Crippen MR) is 104 cm³/mol. The molecule has 0 bridgehead atoms. The average molecular weight is 409 g/mol. The fraction of sp³-hybridized carbons (Fsp3) is 0.222. The molecule has 0 fully saturated rings. The van der Waals surface area contributed by atoms with E-state index in [0.29, 0.717) is 12.3 Å². The van der Waals surface area contributed by atoms with Crippen molar-refractivity contribution in [2.75, 3.05) is 13.4 Å². The van der Waals surface area contributed by atoms with Gasteiger partial charge in [-0.1, -0.05) is 23.7 Å². The first-order chi connectivity index (χ1) is 12.3. The van der Waals surface area contributed by atoms with Gasteiger partial charge < -0.3 is 4.74 Å². The Hall–Kier alpha value is -1.96. The van der Waals surface area contributed by atoms with E-state index in [2.05, 4.69) is 9.97 Å². The minimum Gasteiger partial charge on any atom is -0.481 e. The van der Waals surface area contributed by atoms with Crippen LogP contribution in [0.15, 0.2) is 41.4 Å². The van der Waals surface area contributed by atoms with Gasteiger partial charge in [-0.3, -0.25) is 0 Å². The number of pyridine rings is 1. The number of aryl methyl sites for hydroxylation is 1. The maximum Gasteiger partial charge on any atom is 0.212 e. The maximum absolute atomic E-state index is 11.9. The highest BCUT2D eigenvalue weighted by Crippen LogP contribution is 2.34. The lowest BCUT2D eigenvalue weighted by molar-refractivity contribution is 0.397. The van der Waals surface area contributed by atoms with Gasteiger partial charge in [-0.05, 0) is 30.2 Å². The molecular formula is C18H17ClN2O3S2. The molecule has 0 atom stereocenters. The molecule has 0 N–H and O–H groups in total. The number of aromatic nitrogens is 2. The molecule has 8 heteroatoms. The molecule has 2 heterocycles. The van der Waals surface area contributed by atoms with E-state index in [1.165, 1.54) is 11.3 Å². The van der Waals surface area contributed by atoms with Crippen molar-refractivity contribution < 1.29 is 13.2 Å². The van der Waals surface area contributed by atoms with Gasteiger partial charge in [-0.2, -0.15) is 0 Å². The summed E-state index contributed by atoms with van der Waals surface area (Å²) in [5.74, 6) is 0.569. The lowest BCUT2D eigenvalue weighted by atomic mass is 10.1. The fourth-order valence-corrected chi connectivity index (χ4v) is 4.93. The Balaban J connectivity index is 1.93. The molecule has 3 rings (SSSR count). The summed E-state index contributed by atoms with van der Waals surface area (Å²) in [6, 6.07) is 8.80. The SMILES string of the molecule is COc1ccc(Cc2nc(C)c(-c3ccc(Cl)c(S(C)(=O)=O)c3)s2)cn1. The summed E-state index contributed by atoms with van der Waals surface area (Å²) in [7, 11) is -1.81. The standard InChI is InChI=1S/C18H17ClN2O3S2/c1-11-18(13-5-6-14(19)15(9-13)26(3,22)23)25-17(21-11)8-12-4-7-16(24-2)20-10-12/h4-7,9-10H,8H2,1-3H3. The summed E-state index contributed by atoms with van der Waals surface area (Å²) in [5.41, 5.74) is 2.68. The number of sulfone groups is 1. The van der Waals surface area contributed by atoms with Crippen LogP contribution in [0.1, 0.15) is 16.3 Å². The highest BCUT2D eigenvalue weighted by Gasteiger charge is 2.16. The van der Waals surface area contributed by atoms with E-state index in [1.807, 2.05) is 25.1 Å². The van der Waals surface area contributed by atoms with Gasteiger partial charge in [0.1, 0.15) is 0 Å². The third-order valence-electron chi connectivity index (χ3n) is 3.80. The van der Waals surface area contributed by atoms with Crippen molar-refractivity contribution in [3.8, 4) is 16.3 Å². The molecule has 0 saturated carbocycles. The zero-order valence-electron chi connectivity index (χ0n) is 14.5. The largest absolute Gasteiger partial charge is 0.481 e. The third kappa shape index (κ3) is 4.06. The highest BCUT2D eigenvalue weighted by atomic mass is 35.5. The van der Waals surface area contributed by atoms with Crippen LogP contribution in [-0.2, 0) is 16.3 Å². The number of hydrogen-bond donors (Lipinski definition) is 0. The van der Waals surface area contributed by atoms with Crippen LogP contribution in [-0.4, -0.2) is 31.8 Å². The monoisotopic (exact) mass is 408 g/mol. The minimum atomic E-state index is -3.39. The van der Waals surface area contributed by atoms with Gasteiger partial charge in [0, 0.05) is 24.9 Å². The summed E-state index contributed by atoms with van der Waals surface area (Å²) in [5, 5.41) is 1.16. The van der Waals surface area contributed by atoms with E-state index in [0.717, 1.165) is 33.0 Å². The molecule has 0 amide bonds. The van der Waals surface area contributed by atoms with Crippen molar-refractivity contribution in [3.05, 3.63) is 57.8 Å². The van der Waals surface area contributed by atoms with Gasteiger partial charge in [0.25, 0.3) is 0 Å². The normalized spacial score (nSPS) is 11.5. The summed E-state index contributed by atoms with van der Waals surface area (Å²) >= 11 is 7.57. The Bertz CT molecular complexity index is 1040. The summed E-state index contributed by atoms with van der Waals surface area (Å²) in [4.78, 5) is 9.88. The van der Waals surface area contributed by atoms with Crippen LogP contribution in [0.4, 0.5) is 0 Å². The van der Waals surface area contributed by atoms with Gasteiger partial charge in [0.05, 0.1) is 32.6 Å². The molecule has 0 aliphatic heterocycles. The molecule has 0 saturated heterocycles. The van der Waals surface area contributed by atoms with Crippen molar-refractivity contribution in [3.63, 3.8) is 0 Å². The highest BCUT2D eigenvalue weighted by molar-refractivity contribution is 7.90. The first kappa shape index (κ1) is 18.8. The Kier molecular flexibility index (Phi) is 5.32. The number of rotatable bonds is 5. The predicted octanol–water partition coefficient (Wildman–Crippen LogP) is 4.17. The van der Waals surface area contributed by atoms with Gasteiger partial charge >= 0.3 is 0 Å². The molecule has 0 spiro atoms. The van der Waals surface area contributed by atoms with Crippen LogP contribution in [0, 0.1) is 6.92 Å². The quantitative estimate of drug-likeness (QED) is 0.633. The number of ether oxygens (including phenoxy) is 1. The van der Waals surface area contributed by atoms with Crippen LogP contribution < -0.4 is 4.74 Å². The van der Waals surface area contributed by atoms with Crippen LogP contribution >= 0.6 is 22.9 Å². The first-order valence-electron chi connectivity index (χ1n) is 7.73. The Labute approximate surface area is 161 Å². The fourth-order valence-electron chi connectivity index (χ4n) is 2.54. The van der Waals surface area contributed by atoms with Crippen LogP contribution in [0.5, 0.6) is 5.88 Å². The lowest BCUT2D eigenvalue weighted by Crippen LogP contribution is -1.98. The lowest BCUT2D eigenvalue weighted by Gasteiger charge is -2.05. The molecule has 5 nitrogen and oxygen atoms in total. The van der Waals surface area contributed by atoms with Crippen LogP contribution in [0.3, 0.4) is 0 Å². The molecule has 0 unspecified atom stereocenters. The molecule has 0 aliphatic rings. The summed E-state index contributed by atoms with van der Waals surface area (Å²) in [6.45, 7) is 1.91. The smallest absolute Gasteiger partial charge is 0.212 e. The van der Waals surface area contributed by atoms with Crippen LogP contribution in [0.2, 0.25) is 5.02 Å². The second-order valence-electron chi connectivity index (χ2n) is 5.83. The van der Waals surface area contributed by atoms with Crippen molar-refractivity contribution in [1.29, 1.82) is 0 Å². The molecular weight excluding hydrogens is 392 g/mol. The van der Waals surface area contributed by atoms with Crippen molar-refractivity contribution >= 4 is 32.8 Å². The van der Waals surface area contributed by atoms with E-state index in [4.69, 9.17) is 16.3 Å². The van der Waals surface area contributed by atoms with E-state index >= 15 is 0 Å². The number of halogens is 1. The molecule has 0 radical (unpaired) electrons. The molecule has 1 aromatic carbocycles. The maximum atomic E-state index is 11.9. The number of methoxy groups -OCH3 is 1. The van der Waals surface area contributed by atoms with Crippen molar-refractivity contribution in [2.45, 2.75) is 18.2 Å². The summed E-state index contributed by atoms with van der Waals surface area (Å²) < 4.78 is 28.9.